The second-order valence-corrected chi connectivity index (χ2v) is 5.99. The molecule has 1 saturated heterocycles. The van der Waals surface area contributed by atoms with Crippen molar-refractivity contribution in [2.24, 2.45) is 5.92 Å². The van der Waals surface area contributed by atoms with Gasteiger partial charge in [-0.25, -0.2) is 0 Å². The van der Waals surface area contributed by atoms with Gasteiger partial charge in [-0.2, -0.15) is 0 Å². The van der Waals surface area contributed by atoms with Crippen LogP contribution >= 0.6 is 15.9 Å². The van der Waals surface area contributed by atoms with Crippen molar-refractivity contribution in [1.82, 2.24) is 5.32 Å². The lowest BCUT2D eigenvalue weighted by Gasteiger charge is -2.31. The van der Waals surface area contributed by atoms with Crippen molar-refractivity contribution in [3.05, 3.63) is 28.2 Å². The largest absolute Gasteiger partial charge is 0.493 e. The Hall–Kier alpha value is -0.580. The molecule has 1 aliphatic heterocycles. The smallest absolute Gasteiger partial charge is 0.133 e. The van der Waals surface area contributed by atoms with Gasteiger partial charge >= 0.3 is 0 Å². The van der Waals surface area contributed by atoms with Crippen LogP contribution in [-0.2, 0) is 4.74 Å². The van der Waals surface area contributed by atoms with E-state index in [4.69, 9.17) is 9.47 Å². The van der Waals surface area contributed by atoms with Gasteiger partial charge in [0, 0.05) is 18.6 Å². The second-order valence-electron chi connectivity index (χ2n) is 5.14. The van der Waals surface area contributed by atoms with Crippen molar-refractivity contribution < 1.29 is 9.47 Å². The van der Waals surface area contributed by atoms with Crippen molar-refractivity contribution in [3.63, 3.8) is 0 Å². The fourth-order valence-corrected chi connectivity index (χ4v) is 3.30. The summed E-state index contributed by atoms with van der Waals surface area (Å²) in [5.74, 6) is 1.46. The number of ether oxygens (including phenoxy) is 2. The molecule has 1 fully saturated rings. The van der Waals surface area contributed by atoms with E-state index in [0.29, 0.717) is 18.6 Å². The molecule has 0 bridgehead atoms. The van der Waals surface area contributed by atoms with Gasteiger partial charge in [-0.1, -0.05) is 13.0 Å². The third-order valence-electron chi connectivity index (χ3n) is 3.71. The lowest BCUT2D eigenvalue weighted by atomic mass is 9.88. The third kappa shape index (κ3) is 3.96. The molecule has 1 N–H and O–H groups in total. The van der Waals surface area contributed by atoms with E-state index in [2.05, 4.69) is 46.4 Å². The van der Waals surface area contributed by atoms with Crippen molar-refractivity contribution in [3.8, 4) is 5.75 Å². The highest BCUT2D eigenvalue weighted by atomic mass is 79.9. The van der Waals surface area contributed by atoms with Crippen molar-refractivity contribution in [2.45, 2.75) is 32.7 Å². The zero-order chi connectivity index (χ0) is 14.4. The highest BCUT2D eigenvalue weighted by Crippen LogP contribution is 2.33. The molecule has 0 spiro atoms. The predicted molar refractivity (Wildman–Crippen MR) is 85.3 cm³/mol. The third-order valence-corrected chi connectivity index (χ3v) is 4.33. The molecule has 0 amide bonds. The van der Waals surface area contributed by atoms with Crippen molar-refractivity contribution in [2.75, 3.05) is 26.4 Å². The maximum atomic E-state index is 5.65. The summed E-state index contributed by atoms with van der Waals surface area (Å²) in [5.41, 5.74) is 1.30. The molecule has 4 heteroatoms. The molecule has 0 aromatic heterocycles. The Morgan fingerprint density at radius 2 is 2.30 bits per heavy atom. The first-order valence-corrected chi connectivity index (χ1v) is 8.29. The van der Waals surface area contributed by atoms with Gasteiger partial charge in [0.2, 0.25) is 0 Å². The maximum Gasteiger partial charge on any atom is 0.133 e. The van der Waals surface area contributed by atoms with E-state index in [1.165, 1.54) is 12.0 Å². The van der Waals surface area contributed by atoms with E-state index in [9.17, 15) is 0 Å². The summed E-state index contributed by atoms with van der Waals surface area (Å²) in [6, 6.07) is 6.74. The van der Waals surface area contributed by atoms with Crippen LogP contribution in [0, 0.1) is 5.92 Å². The van der Waals surface area contributed by atoms with Crippen molar-refractivity contribution >= 4 is 15.9 Å². The van der Waals surface area contributed by atoms with Crippen LogP contribution in [-0.4, -0.2) is 26.4 Å². The van der Waals surface area contributed by atoms with E-state index in [0.717, 1.165) is 36.4 Å². The van der Waals surface area contributed by atoms with Crippen LogP contribution in [0.25, 0.3) is 0 Å². The summed E-state index contributed by atoms with van der Waals surface area (Å²) in [5, 5.41) is 3.61. The Morgan fingerprint density at radius 1 is 1.45 bits per heavy atom. The number of benzene rings is 1. The molecule has 1 aliphatic rings. The zero-order valence-electron chi connectivity index (χ0n) is 12.3. The van der Waals surface area contributed by atoms with E-state index in [1.807, 2.05) is 6.92 Å². The standard InChI is InChI=1S/C16H24BrNO2/c1-3-18-16(13-6-5-9-19-11-13)12-7-8-15(20-4-2)14(17)10-12/h7-8,10,13,16,18H,3-6,9,11H2,1-2H3. The van der Waals surface area contributed by atoms with Gasteiger partial charge in [0.05, 0.1) is 17.7 Å². The van der Waals surface area contributed by atoms with Crippen LogP contribution < -0.4 is 10.1 Å². The first kappa shape index (κ1) is 15.8. The molecule has 20 heavy (non-hydrogen) atoms. The lowest BCUT2D eigenvalue weighted by Crippen LogP contribution is -2.33. The summed E-state index contributed by atoms with van der Waals surface area (Å²) in [7, 11) is 0. The first-order chi connectivity index (χ1) is 9.76. The van der Waals surface area contributed by atoms with E-state index < -0.39 is 0 Å². The molecule has 1 heterocycles. The van der Waals surface area contributed by atoms with Gasteiger partial charge in [-0.15, -0.1) is 0 Å². The highest BCUT2D eigenvalue weighted by molar-refractivity contribution is 9.10. The van der Waals surface area contributed by atoms with Gasteiger partial charge < -0.3 is 14.8 Å². The maximum absolute atomic E-state index is 5.65. The number of halogens is 1. The summed E-state index contributed by atoms with van der Waals surface area (Å²) < 4.78 is 12.3. The molecule has 0 saturated carbocycles. The van der Waals surface area contributed by atoms with Crippen LogP contribution in [0.3, 0.4) is 0 Å². The zero-order valence-corrected chi connectivity index (χ0v) is 13.9. The van der Waals surface area contributed by atoms with Gasteiger partial charge in [-0.05, 0) is 59.9 Å². The minimum absolute atomic E-state index is 0.354. The van der Waals surface area contributed by atoms with Crippen molar-refractivity contribution in [1.29, 1.82) is 0 Å². The fourth-order valence-electron chi connectivity index (χ4n) is 2.79. The average molecular weight is 342 g/mol. The quantitative estimate of drug-likeness (QED) is 0.850. The summed E-state index contributed by atoms with van der Waals surface area (Å²) in [6.07, 6.45) is 2.38. The normalized spacial score (nSPS) is 20.6. The summed E-state index contributed by atoms with van der Waals surface area (Å²) >= 11 is 3.61. The Bertz CT molecular complexity index is 419. The SMILES string of the molecule is CCNC(c1ccc(OCC)c(Br)c1)C1CCCOC1. The topological polar surface area (TPSA) is 30.5 Å². The number of hydrogen-bond acceptors (Lipinski definition) is 3. The van der Waals surface area contributed by atoms with Crippen LogP contribution in [0.1, 0.15) is 38.3 Å². The molecule has 2 rings (SSSR count). The summed E-state index contributed by atoms with van der Waals surface area (Å²) in [4.78, 5) is 0. The lowest BCUT2D eigenvalue weighted by molar-refractivity contribution is 0.0392. The van der Waals surface area contributed by atoms with Crippen LogP contribution in [0.2, 0.25) is 0 Å². The molecule has 0 radical (unpaired) electrons. The molecule has 1 aromatic rings. The van der Waals surface area contributed by atoms with Gasteiger partial charge in [-0.3, -0.25) is 0 Å². The van der Waals surface area contributed by atoms with Crippen LogP contribution in [0.4, 0.5) is 0 Å². The Balaban J connectivity index is 2.17. The summed E-state index contributed by atoms with van der Waals surface area (Å²) in [6.45, 7) is 7.56. The van der Waals surface area contributed by atoms with Crippen LogP contribution in [0.15, 0.2) is 22.7 Å². The molecule has 2 unspecified atom stereocenters. The van der Waals surface area contributed by atoms with Crippen LogP contribution in [0.5, 0.6) is 5.75 Å². The van der Waals surface area contributed by atoms with Gasteiger partial charge in [0.15, 0.2) is 0 Å². The highest BCUT2D eigenvalue weighted by Gasteiger charge is 2.25. The number of hydrogen-bond donors (Lipinski definition) is 1. The molecule has 1 aromatic carbocycles. The number of nitrogens with one attached hydrogen (secondary N) is 1. The number of rotatable bonds is 6. The van der Waals surface area contributed by atoms with Gasteiger partial charge in [0.25, 0.3) is 0 Å². The predicted octanol–water partition coefficient (Wildman–Crippen LogP) is 3.93. The monoisotopic (exact) mass is 341 g/mol. The van der Waals surface area contributed by atoms with E-state index in [1.54, 1.807) is 0 Å². The fraction of sp³-hybridized carbons (Fsp3) is 0.625. The van der Waals surface area contributed by atoms with Gasteiger partial charge in [0.1, 0.15) is 5.75 Å². The molecular weight excluding hydrogens is 318 g/mol. The molecule has 3 nitrogen and oxygen atoms in total. The first-order valence-electron chi connectivity index (χ1n) is 7.49. The minimum atomic E-state index is 0.354. The van der Waals surface area contributed by atoms with E-state index >= 15 is 0 Å². The Morgan fingerprint density at radius 3 is 2.90 bits per heavy atom. The molecule has 2 atom stereocenters. The average Bonchev–Trinajstić information content (AvgIpc) is 2.48. The molecular formula is C16H24BrNO2. The molecule has 112 valence electrons. The minimum Gasteiger partial charge on any atom is -0.493 e. The van der Waals surface area contributed by atoms with E-state index in [-0.39, 0.29) is 0 Å². The Kier molecular flexibility index (Phi) is 6.33. The Labute approximate surface area is 130 Å². The second kappa shape index (κ2) is 8.01. The molecule has 0 aliphatic carbocycles.